The van der Waals surface area contributed by atoms with E-state index in [-0.39, 0.29) is 0 Å². The van der Waals surface area contributed by atoms with Crippen molar-refractivity contribution >= 4 is 11.6 Å². The minimum absolute atomic E-state index is 0.725. The van der Waals surface area contributed by atoms with Crippen molar-refractivity contribution in [3.63, 3.8) is 0 Å². The van der Waals surface area contributed by atoms with Gasteiger partial charge in [-0.25, -0.2) is 9.97 Å². The molecule has 0 spiro atoms. The van der Waals surface area contributed by atoms with Crippen molar-refractivity contribution in [1.29, 1.82) is 0 Å². The molecule has 144 valence electrons. The summed E-state index contributed by atoms with van der Waals surface area (Å²) >= 11 is 0. The second-order valence-corrected chi connectivity index (χ2v) is 7.12. The zero-order valence-corrected chi connectivity index (χ0v) is 16.3. The maximum atomic E-state index is 4.67. The van der Waals surface area contributed by atoms with Gasteiger partial charge in [0, 0.05) is 57.7 Å². The maximum absolute atomic E-state index is 4.67. The van der Waals surface area contributed by atoms with E-state index in [4.69, 9.17) is 0 Å². The van der Waals surface area contributed by atoms with Gasteiger partial charge in [0.1, 0.15) is 17.5 Å². The molecule has 3 heterocycles. The smallest absolute Gasteiger partial charge is 0.134 e. The number of hydrogen-bond donors (Lipinski definition) is 1. The van der Waals surface area contributed by atoms with E-state index in [0.717, 1.165) is 56.7 Å². The van der Waals surface area contributed by atoms with E-state index in [9.17, 15) is 0 Å². The maximum Gasteiger partial charge on any atom is 0.134 e. The van der Waals surface area contributed by atoms with Crippen LogP contribution >= 0.6 is 0 Å². The fraction of sp³-hybridized carbons (Fsp3) is 0.318. The van der Waals surface area contributed by atoms with E-state index in [1.54, 1.807) is 0 Å². The molecule has 0 atom stereocenters. The Bertz CT molecular complexity index is 876. The molecule has 1 saturated heterocycles. The number of nitrogens with zero attached hydrogens (tertiary/aromatic N) is 5. The third-order valence-corrected chi connectivity index (χ3v) is 4.99. The number of rotatable bonds is 6. The molecule has 28 heavy (non-hydrogen) atoms. The average Bonchev–Trinajstić information content (AvgIpc) is 2.74. The molecule has 1 aliphatic heterocycles. The first-order valence-electron chi connectivity index (χ1n) is 9.76. The molecule has 1 N–H and O–H groups in total. The van der Waals surface area contributed by atoms with Gasteiger partial charge >= 0.3 is 0 Å². The van der Waals surface area contributed by atoms with E-state index in [1.807, 2.05) is 31.5 Å². The molecular formula is C22H26N6. The molecule has 1 aliphatic rings. The number of piperazine rings is 1. The Hall–Kier alpha value is -2.99. The fourth-order valence-electron chi connectivity index (χ4n) is 3.47. The summed E-state index contributed by atoms with van der Waals surface area (Å²) in [4.78, 5) is 18.1. The van der Waals surface area contributed by atoms with Gasteiger partial charge in [-0.1, -0.05) is 30.3 Å². The van der Waals surface area contributed by atoms with Crippen LogP contribution in [0.15, 0.2) is 60.9 Å². The second kappa shape index (κ2) is 8.80. The summed E-state index contributed by atoms with van der Waals surface area (Å²) in [6, 6.07) is 16.7. The first kappa shape index (κ1) is 18.4. The predicted molar refractivity (Wildman–Crippen MR) is 112 cm³/mol. The molecule has 1 fully saturated rings. The van der Waals surface area contributed by atoms with E-state index in [2.05, 4.69) is 66.5 Å². The summed E-state index contributed by atoms with van der Waals surface area (Å²) in [6.45, 7) is 7.72. The van der Waals surface area contributed by atoms with Crippen LogP contribution in [-0.4, -0.2) is 46.0 Å². The lowest BCUT2D eigenvalue weighted by Gasteiger charge is -2.35. The predicted octanol–water partition coefficient (Wildman–Crippen LogP) is 3.11. The van der Waals surface area contributed by atoms with Crippen molar-refractivity contribution in [2.24, 2.45) is 0 Å². The Morgan fingerprint density at radius 3 is 2.39 bits per heavy atom. The van der Waals surface area contributed by atoms with Gasteiger partial charge in [-0.15, -0.1) is 0 Å². The van der Waals surface area contributed by atoms with Gasteiger partial charge in [-0.3, -0.25) is 9.88 Å². The Labute approximate surface area is 166 Å². The van der Waals surface area contributed by atoms with Crippen LogP contribution < -0.4 is 10.2 Å². The standard InChI is InChI=1S/C22H26N6/c1-18-25-21(24-16-19-7-9-23-10-8-19)15-22(26-18)28-13-11-27(12-14-28)17-20-5-3-2-4-6-20/h2-10,15H,11-14,16-17H2,1H3,(H,24,25,26). The fourth-order valence-corrected chi connectivity index (χ4v) is 3.47. The lowest BCUT2D eigenvalue weighted by atomic mass is 10.2. The molecule has 0 saturated carbocycles. The summed E-state index contributed by atoms with van der Waals surface area (Å²) < 4.78 is 0. The lowest BCUT2D eigenvalue weighted by Crippen LogP contribution is -2.46. The van der Waals surface area contributed by atoms with Crippen LogP contribution in [0.4, 0.5) is 11.6 Å². The highest BCUT2D eigenvalue weighted by Crippen LogP contribution is 2.19. The van der Waals surface area contributed by atoms with Crippen LogP contribution in [0.5, 0.6) is 0 Å². The van der Waals surface area contributed by atoms with Crippen molar-refractivity contribution < 1.29 is 0 Å². The number of anilines is 2. The van der Waals surface area contributed by atoms with Gasteiger partial charge in [0.15, 0.2) is 0 Å². The summed E-state index contributed by atoms with van der Waals surface area (Å²) in [5.41, 5.74) is 2.55. The monoisotopic (exact) mass is 374 g/mol. The number of benzene rings is 1. The first-order chi connectivity index (χ1) is 13.8. The van der Waals surface area contributed by atoms with Crippen molar-refractivity contribution in [3.8, 4) is 0 Å². The van der Waals surface area contributed by atoms with E-state index < -0.39 is 0 Å². The van der Waals surface area contributed by atoms with Crippen LogP contribution in [0.1, 0.15) is 17.0 Å². The molecule has 3 aromatic rings. The van der Waals surface area contributed by atoms with Crippen molar-refractivity contribution in [2.75, 3.05) is 36.4 Å². The summed E-state index contributed by atoms with van der Waals surface area (Å²) in [6.07, 6.45) is 3.62. The van der Waals surface area contributed by atoms with Gasteiger partial charge in [-0.05, 0) is 30.2 Å². The van der Waals surface area contributed by atoms with E-state index >= 15 is 0 Å². The molecule has 1 aromatic carbocycles. The molecule has 0 bridgehead atoms. The van der Waals surface area contributed by atoms with E-state index in [1.165, 1.54) is 11.1 Å². The van der Waals surface area contributed by atoms with Crippen LogP contribution in [0.3, 0.4) is 0 Å². The SMILES string of the molecule is Cc1nc(NCc2ccncc2)cc(N2CCN(Cc3ccccc3)CC2)n1. The molecule has 6 heteroatoms. The molecule has 0 aliphatic carbocycles. The van der Waals surface area contributed by atoms with Crippen molar-refractivity contribution in [1.82, 2.24) is 19.9 Å². The van der Waals surface area contributed by atoms with E-state index in [0.29, 0.717) is 0 Å². The van der Waals surface area contributed by atoms with Crippen LogP contribution in [0.25, 0.3) is 0 Å². The van der Waals surface area contributed by atoms with Crippen molar-refractivity contribution in [3.05, 3.63) is 77.9 Å². The number of aromatic nitrogens is 3. The number of aryl methyl sites for hydroxylation is 1. The second-order valence-electron chi connectivity index (χ2n) is 7.12. The van der Waals surface area contributed by atoms with Crippen LogP contribution in [0.2, 0.25) is 0 Å². The summed E-state index contributed by atoms with van der Waals surface area (Å²) in [7, 11) is 0. The number of nitrogens with one attached hydrogen (secondary N) is 1. The third-order valence-electron chi connectivity index (χ3n) is 4.99. The van der Waals surface area contributed by atoms with Crippen LogP contribution in [0, 0.1) is 6.92 Å². The average molecular weight is 374 g/mol. The third kappa shape index (κ3) is 4.84. The molecule has 0 radical (unpaired) electrons. The largest absolute Gasteiger partial charge is 0.366 e. The van der Waals surface area contributed by atoms with Gasteiger partial charge in [0.05, 0.1) is 0 Å². The van der Waals surface area contributed by atoms with Gasteiger partial charge in [-0.2, -0.15) is 0 Å². The topological polar surface area (TPSA) is 57.2 Å². The summed E-state index contributed by atoms with van der Waals surface area (Å²) in [5.74, 6) is 2.66. The normalized spacial score (nSPS) is 14.8. The molecule has 6 nitrogen and oxygen atoms in total. The van der Waals surface area contributed by atoms with Gasteiger partial charge < -0.3 is 10.2 Å². The lowest BCUT2D eigenvalue weighted by molar-refractivity contribution is 0.249. The minimum Gasteiger partial charge on any atom is -0.366 e. The van der Waals surface area contributed by atoms with Crippen molar-refractivity contribution in [2.45, 2.75) is 20.0 Å². The highest BCUT2D eigenvalue weighted by molar-refractivity contribution is 5.50. The molecule has 0 unspecified atom stereocenters. The Balaban J connectivity index is 1.36. The zero-order valence-electron chi connectivity index (χ0n) is 16.3. The Morgan fingerprint density at radius 2 is 1.64 bits per heavy atom. The number of hydrogen-bond acceptors (Lipinski definition) is 6. The minimum atomic E-state index is 0.725. The van der Waals surface area contributed by atoms with Crippen LogP contribution in [-0.2, 0) is 13.1 Å². The Morgan fingerprint density at radius 1 is 0.893 bits per heavy atom. The summed E-state index contributed by atoms with van der Waals surface area (Å²) in [5, 5.41) is 3.41. The molecule has 0 amide bonds. The number of pyridine rings is 1. The Kier molecular flexibility index (Phi) is 5.77. The molecule has 4 rings (SSSR count). The van der Waals surface area contributed by atoms with Gasteiger partial charge in [0.2, 0.25) is 0 Å². The first-order valence-corrected chi connectivity index (χ1v) is 9.76. The molecule has 2 aromatic heterocycles. The van der Waals surface area contributed by atoms with Gasteiger partial charge in [0.25, 0.3) is 0 Å². The zero-order chi connectivity index (χ0) is 19.2. The molecular weight excluding hydrogens is 348 g/mol. The highest BCUT2D eigenvalue weighted by Gasteiger charge is 2.19. The quantitative estimate of drug-likeness (QED) is 0.715. The highest BCUT2D eigenvalue weighted by atomic mass is 15.3.